The maximum Gasteiger partial charge on any atom is 0.255 e. The summed E-state index contributed by atoms with van der Waals surface area (Å²) in [6.07, 6.45) is 1.11. The number of amides is 1. The summed E-state index contributed by atoms with van der Waals surface area (Å²) >= 11 is 0. The van der Waals surface area contributed by atoms with Gasteiger partial charge >= 0.3 is 0 Å². The Balaban J connectivity index is 2.27. The van der Waals surface area contributed by atoms with Gasteiger partial charge in [-0.05, 0) is 36.4 Å². The summed E-state index contributed by atoms with van der Waals surface area (Å²) in [5.74, 6) is 0.320. The van der Waals surface area contributed by atoms with Crippen molar-refractivity contribution in [3.05, 3.63) is 54.1 Å². The van der Waals surface area contributed by atoms with Crippen LogP contribution in [0, 0.1) is 0 Å². The van der Waals surface area contributed by atoms with Gasteiger partial charge in [0.2, 0.25) is 10.0 Å². The lowest BCUT2D eigenvalue weighted by molar-refractivity contribution is 0.102. The van der Waals surface area contributed by atoms with Crippen molar-refractivity contribution in [2.75, 3.05) is 30.0 Å². The third-order valence-electron chi connectivity index (χ3n) is 3.34. The maximum atomic E-state index is 12.3. The normalized spacial score (nSPS) is 10.9. The van der Waals surface area contributed by atoms with Crippen LogP contribution in [0.1, 0.15) is 10.4 Å². The molecule has 0 unspecified atom stereocenters. The van der Waals surface area contributed by atoms with Gasteiger partial charge in [0.25, 0.3) is 5.91 Å². The molecule has 7 heteroatoms. The lowest BCUT2D eigenvalue weighted by atomic mass is 10.2. The van der Waals surface area contributed by atoms with E-state index in [1.165, 1.54) is 7.05 Å². The first kappa shape index (κ1) is 16.8. The zero-order valence-corrected chi connectivity index (χ0v) is 13.9. The molecule has 0 heterocycles. The number of carbonyl (C=O) groups excluding carboxylic acids is 1. The Kier molecular flexibility index (Phi) is 4.90. The van der Waals surface area contributed by atoms with Crippen molar-refractivity contribution in [3.8, 4) is 5.75 Å². The molecular weight excluding hydrogens is 316 g/mol. The van der Waals surface area contributed by atoms with Crippen LogP contribution in [0.25, 0.3) is 0 Å². The molecule has 2 rings (SSSR count). The van der Waals surface area contributed by atoms with Crippen LogP contribution in [0.5, 0.6) is 5.75 Å². The predicted molar refractivity (Wildman–Crippen MR) is 90.6 cm³/mol. The topological polar surface area (TPSA) is 75.7 Å². The van der Waals surface area contributed by atoms with Gasteiger partial charge in [0, 0.05) is 12.6 Å². The molecule has 0 atom stereocenters. The van der Waals surface area contributed by atoms with Crippen molar-refractivity contribution < 1.29 is 17.9 Å². The highest BCUT2D eigenvalue weighted by molar-refractivity contribution is 7.92. The molecule has 0 radical (unpaired) electrons. The number of hydrogen-bond donors (Lipinski definition) is 1. The van der Waals surface area contributed by atoms with Gasteiger partial charge in [0.15, 0.2) is 0 Å². The van der Waals surface area contributed by atoms with Gasteiger partial charge < -0.3 is 10.1 Å². The van der Waals surface area contributed by atoms with E-state index in [1.807, 2.05) is 0 Å². The average molecular weight is 334 g/mol. The summed E-state index contributed by atoms with van der Waals surface area (Å²) in [6, 6.07) is 13.4. The van der Waals surface area contributed by atoms with E-state index >= 15 is 0 Å². The van der Waals surface area contributed by atoms with Crippen LogP contribution in [0.3, 0.4) is 0 Å². The second-order valence-electron chi connectivity index (χ2n) is 4.93. The first-order valence-corrected chi connectivity index (χ1v) is 8.66. The summed E-state index contributed by atoms with van der Waals surface area (Å²) in [6.45, 7) is 0. The van der Waals surface area contributed by atoms with E-state index in [0.717, 1.165) is 10.6 Å². The minimum atomic E-state index is -3.42. The first-order valence-electron chi connectivity index (χ1n) is 6.81. The third-order valence-corrected chi connectivity index (χ3v) is 4.53. The number of rotatable bonds is 5. The summed E-state index contributed by atoms with van der Waals surface area (Å²) in [5.41, 5.74) is 1.26. The van der Waals surface area contributed by atoms with E-state index < -0.39 is 10.0 Å². The van der Waals surface area contributed by atoms with Crippen molar-refractivity contribution in [1.29, 1.82) is 0 Å². The lowest BCUT2D eigenvalue weighted by Crippen LogP contribution is -2.26. The molecule has 0 fully saturated rings. The Morgan fingerprint density at radius 1 is 1.09 bits per heavy atom. The number of ether oxygens (including phenoxy) is 1. The Bertz CT molecular complexity index is 801. The van der Waals surface area contributed by atoms with Gasteiger partial charge in [-0.15, -0.1) is 0 Å². The minimum Gasteiger partial charge on any atom is -0.497 e. The maximum absolute atomic E-state index is 12.3. The molecule has 0 aromatic heterocycles. The molecule has 0 spiro atoms. The second kappa shape index (κ2) is 6.70. The van der Waals surface area contributed by atoms with Crippen LogP contribution < -0.4 is 14.4 Å². The molecule has 6 nitrogen and oxygen atoms in total. The van der Waals surface area contributed by atoms with Crippen molar-refractivity contribution in [3.63, 3.8) is 0 Å². The van der Waals surface area contributed by atoms with E-state index in [1.54, 1.807) is 55.6 Å². The van der Waals surface area contributed by atoms with E-state index in [4.69, 9.17) is 4.74 Å². The zero-order valence-electron chi connectivity index (χ0n) is 13.1. The summed E-state index contributed by atoms with van der Waals surface area (Å²) in [4.78, 5) is 12.3. The molecule has 0 saturated carbocycles. The van der Waals surface area contributed by atoms with Crippen molar-refractivity contribution in [2.24, 2.45) is 0 Å². The van der Waals surface area contributed by atoms with E-state index in [0.29, 0.717) is 22.7 Å². The van der Waals surface area contributed by atoms with Crippen molar-refractivity contribution in [2.45, 2.75) is 0 Å². The summed E-state index contributed by atoms with van der Waals surface area (Å²) in [7, 11) is -0.436. The van der Waals surface area contributed by atoms with Crippen LogP contribution in [0.2, 0.25) is 0 Å². The third kappa shape index (κ3) is 4.01. The fraction of sp³-hybridized carbons (Fsp3) is 0.188. The number of hydrogen-bond acceptors (Lipinski definition) is 4. The fourth-order valence-corrected chi connectivity index (χ4v) is 2.49. The molecule has 2 aromatic rings. The number of para-hydroxylation sites is 2. The standard InChI is InChI=1S/C16H18N2O4S/c1-18(23(3,20)21)15-7-5-4-6-14(15)17-16(19)12-8-10-13(22-2)11-9-12/h4-11H,1-3H3,(H,17,19). The lowest BCUT2D eigenvalue weighted by Gasteiger charge is -2.20. The van der Waals surface area contributed by atoms with E-state index in [9.17, 15) is 13.2 Å². The zero-order chi connectivity index (χ0) is 17.0. The molecule has 1 N–H and O–H groups in total. The van der Waals surface area contributed by atoms with Crippen molar-refractivity contribution >= 4 is 27.3 Å². The SMILES string of the molecule is COc1ccc(C(=O)Nc2ccccc2N(C)S(C)(=O)=O)cc1. The predicted octanol–water partition coefficient (Wildman–Crippen LogP) is 2.34. The summed E-state index contributed by atoms with van der Waals surface area (Å²) in [5, 5.41) is 2.73. The van der Waals surface area contributed by atoms with Crippen LogP contribution >= 0.6 is 0 Å². The number of benzene rings is 2. The number of carbonyl (C=O) groups is 1. The fourth-order valence-electron chi connectivity index (χ4n) is 1.97. The smallest absolute Gasteiger partial charge is 0.255 e. The molecule has 122 valence electrons. The van der Waals surface area contributed by atoms with E-state index in [2.05, 4.69) is 5.32 Å². The molecule has 0 saturated heterocycles. The number of methoxy groups -OCH3 is 1. The Morgan fingerprint density at radius 2 is 1.70 bits per heavy atom. The van der Waals surface area contributed by atoms with Crippen LogP contribution in [-0.4, -0.2) is 34.7 Å². The average Bonchev–Trinajstić information content (AvgIpc) is 2.54. The Hall–Kier alpha value is -2.54. The second-order valence-corrected chi connectivity index (χ2v) is 6.94. The highest BCUT2D eigenvalue weighted by atomic mass is 32.2. The largest absolute Gasteiger partial charge is 0.497 e. The van der Waals surface area contributed by atoms with Crippen LogP contribution in [-0.2, 0) is 10.0 Å². The minimum absolute atomic E-state index is 0.331. The monoisotopic (exact) mass is 334 g/mol. The number of anilines is 2. The van der Waals surface area contributed by atoms with Gasteiger partial charge in [0.05, 0.1) is 24.7 Å². The molecule has 23 heavy (non-hydrogen) atoms. The van der Waals surface area contributed by atoms with Crippen LogP contribution in [0.15, 0.2) is 48.5 Å². The highest BCUT2D eigenvalue weighted by Crippen LogP contribution is 2.26. The van der Waals surface area contributed by atoms with Crippen molar-refractivity contribution in [1.82, 2.24) is 0 Å². The molecule has 0 aliphatic carbocycles. The molecular formula is C16H18N2O4S. The van der Waals surface area contributed by atoms with Gasteiger partial charge in [-0.1, -0.05) is 12.1 Å². The number of sulfonamides is 1. The summed E-state index contributed by atoms with van der Waals surface area (Å²) < 4.78 is 29.6. The Labute approximate surface area is 135 Å². The number of nitrogens with zero attached hydrogens (tertiary/aromatic N) is 1. The van der Waals surface area contributed by atoms with Crippen LogP contribution in [0.4, 0.5) is 11.4 Å². The molecule has 0 bridgehead atoms. The highest BCUT2D eigenvalue weighted by Gasteiger charge is 2.17. The molecule has 0 aliphatic heterocycles. The number of nitrogens with one attached hydrogen (secondary N) is 1. The molecule has 1 amide bonds. The van der Waals surface area contributed by atoms with Gasteiger partial charge in [-0.25, -0.2) is 8.42 Å². The van der Waals surface area contributed by atoms with Gasteiger partial charge in [-0.3, -0.25) is 9.10 Å². The molecule has 0 aliphatic rings. The quantitative estimate of drug-likeness (QED) is 0.910. The molecule has 2 aromatic carbocycles. The Morgan fingerprint density at radius 3 is 2.26 bits per heavy atom. The first-order chi connectivity index (χ1) is 10.8. The van der Waals surface area contributed by atoms with Gasteiger partial charge in [-0.2, -0.15) is 0 Å². The van der Waals surface area contributed by atoms with Gasteiger partial charge in [0.1, 0.15) is 5.75 Å². The van der Waals surface area contributed by atoms with E-state index in [-0.39, 0.29) is 5.91 Å².